The van der Waals surface area contributed by atoms with E-state index in [1.165, 1.54) is 6.42 Å². The first-order valence-electron chi connectivity index (χ1n) is 17.2. The number of hydrogen-bond donors (Lipinski definition) is 5. The van der Waals surface area contributed by atoms with E-state index in [-0.39, 0.29) is 37.0 Å². The number of rotatable bonds is 18. The van der Waals surface area contributed by atoms with Gasteiger partial charge in [-0.1, -0.05) is 82.4 Å². The molecule has 1 heterocycles. The number of aromatic amines is 1. The van der Waals surface area contributed by atoms with Gasteiger partial charge in [-0.05, 0) is 63.4 Å². The number of aliphatic hydroxyl groups excluding tert-OH is 1. The quantitative estimate of drug-likeness (QED) is 0.138. The van der Waals surface area contributed by atoms with Crippen LogP contribution in [0.2, 0.25) is 0 Å². The van der Waals surface area contributed by atoms with Crippen LogP contribution in [-0.2, 0) is 27.2 Å². The SMILES string of the molecule is C=C[C@@H](C[C@H](O)[C@H](CC1CCCCC1)NC(=O)[C@H](Cc1cnc[nH]1)NCC(=O)[C@H](Cc1ccccc1)NC(=O)OC(C)(C)C)C(C)C. The predicted molar refractivity (Wildman–Crippen MR) is 185 cm³/mol. The molecule has 0 spiro atoms. The molecule has 2 aromatic rings. The van der Waals surface area contributed by atoms with Crippen molar-refractivity contribution < 1.29 is 24.2 Å². The van der Waals surface area contributed by atoms with Crippen LogP contribution in [0.1, 0.15) is 90.8 Å². The molecule has 3 rings (SSSR count). The van der Waals surface area contributed by atoms with Crippen molar-refractivity contribution >= 4 is 17.8 Å². The van der Waals surface area contributed by atoms with Gasteiger partial charge in [0, 0.05) is 18.3 Å². The monoisotopic (exact) mass is 651 g/mol. The van der Waals surface area contributed by atoms with Gasteiger partial charge in [0.15, 0.2) is 5.78 Å². The molecule has 5 N–H and O–H groups in total. The fourth-order valence-corrected chi connectivity index (χ4v) is 6.23. The number of carbonyl (C=O) groups excluding carboxylic acids is 3. The largest absolute Gasteiger partial charge is 0.444 e. The highest BCUT2D eigenvalue weighted by Gasteiger charge is 2.32. The fraction of sp³-hybridized carbons (Fsp3) is 0.622. The molecule has 1 saturated carbocycles. The van der Waals surface area contributed by atoms with E-state index in [1.54, 1.807) is 33.3 Å². The van der Waals surface area contributed by atoms with Crippen LogP contribution in [0.4, 0.5) is 4.79 Å². The molecule has 0 aliphatic heterocycles. The molecule has 0 unspecified atom stereocenters. The first kappa shape index (κ1) is 38.0. The van der Waals surface area contributed by atoms with Gasteiger partial charge in [-0.15, -0.1) is 6.58 Å². The summed E-state index contributed by atoms with van der Waals surface area (Å²) in [4.78, 5) is 47.5. The lowest BCUT2D eigenvalue weighted by atomic mass is 9.81. The molecule has 1 aromatic heterocycles. The van der Waals surface area contributed by atoms with Gasteiger partial charge >= 0.3 is 6.09 Å². The van der Waals surface area contributed by atoms with Crippen molar-refractivity contribution in [2.75, 3.05) is 6.54 Å². The maximum Gasteiger partial charge on any atom is 0.408 e. The Morgan fingerprint density at radius 1 is 1.06 bits per heavy atom. The molecule has 1 aliphatic carbocycles. The highest BCUT2D eigenvalue weighted by atomic mass is 16.6. The summed E-state index contributed by atoms with van der Waals surface area (Å²) in [5, 5.41) is 20.5. The number of carbonyl (C=O) groups is 3. The third kappa shape index (κ3) is 13.6. The van der Waals surface area contributed by atoms with Crippen molar-refractivity contribution in [3.05, 3.63) is 66.8 Å². The average molecular weight is 652 g/mol. The molecule has 5 atom stereocenters. The zero-order valence-corrected chi connectivity index (χ0v) is 29.0. The molecule has 47 heavy (non-hydrogen) atoms. The number of imidazole rings is 1. The molecule has 0 radical (unpaired) electrons. The zero-order valence-electron chi connectivity index (χ0n) is 29.0. The lowest BCUT2D eigenvalue weighted by molar-refractivity contribution is -0.125. The minimum Gasteiger partial charge on any atom is -0.444 e. The van der Waals surface area contributed by atoms with Gasteiger partial charge in [-0.2, -0.15) is 0 Å². The molecular weight excluding hydrogens is 594 g/mol. The maximum atomic E-state index is 14.0. The van der Waals surface area contributed by atoms with Crippen LogP contribution in [0.15, 0.2) is 55.5 Å². The van der Waals surface area contributed by atoms with Crippen molar-refractivity contribution in [2.24, 2.45) is 17.8 Å². The standard InChI is InChI=1S/C37H57N5O5/c1-7-28(25(2)3)20-33(43)30(18-26-14-10-8-11-15-26)41-35(45)32(21-29-22-38-24-40-29)39-23-34(44)31(19-27-16-12-9-13-17-27)42-36(46)47-37(4,5)6/h7,9,12-13,16-17,22,24-26,28,30-33,39,43H,1,8,10-11,14-15,18-21,23H2,2-6H3,(H,38,40)(H,41,45)(H,42,46)/t28-,30-,31-,32-,33-/m0/s1. The van der Waals surface area contributed by atoms with Gasteiger partial charge in [-0.3, -0.25) is 14.9 Å². The highest BCUT2D eigenvalue weighted by Crippen LogP contribution is 2.30. The van der Waals surface area contributed by atoms with Gasteiger partial charge < -0.3 is 25.5 Å². The Labute approximate surface area is 280 Å². The average Bonchev–Trinajstić information content (AvgIpc) is 3.54. The molecule has 0 bridgehead atoms. The van der Waals surface area contributed by atoms with Crippen molar-refractivity contribution in [3.8, 4) is 0 Å². The number of nitrogens with zero attached hydrogens (tertiary/aromatic N) is 1. The third-order valence-electron chi connectivity index (χ3n) is 8.96. The molecular formula is C37H57N5O5. The first-order chi connectivity index (χ1) is 22.3. The van der Waals surface area contributed by atoms with Crippen LogP contribution in [0, 0.1) is 17.8 Å². The van der Waals surface area contributed by atoms with Crippen LogP contribution in [0.25, 0.3) is 0 Å². The number of Topliss-reactive ketones (excluding diaryl/α,β-unsaturated/α-hetero) is 1. The lowest BCUT2D eigenvalue weighted by Gasteiger charge is -2.33. The second-order valence-corrected chi connectivity index (χ2v) is 14.4. The Hall–Kier alpha value is -3.50. The highest BCUT2D eigenvalue weighted by molar-refractivity contribution is 5.90. The smallest absolute Gasteiger partial charge is 0.408 e. The lowest BCUT2D eigenvalue weighted by Crippen LogP contribution is -2.55. The number of allylic oxidation sites excluding steroid dienone is 1. The summed E-state index contributed by atoms with van der Waals surface area (Å²) in [6.45, 7) is 13.3. The van der Waals surface area contributed by atoms with Crippen LogP contribution < -0.4 is 16.0 Å². The molecule has 1 aliphatic rings. The molecule has 1 fully saturated rings. The maximum absolute atomic E-state index is 14.0. The molecule has 1 aromatic carbocycles. The number of ether oxygens (including phenoxy) is 1. The minimum atomic E-state index is -0.872. The summed E-state index contributed by atoms with van der Waals surface area (Å²) in [6.07, 6.45) is 11.1. The summed E-state index contributed by atoms with van der Waals surface area (Å²) in [5.74, 6) is 0.278. The Morgan fingerprint density at radius 2 is 1.77 bits per heavy atom. The van der Waals surface area contributed by atoms with Crippen LogP contribution in [0.5, 0.6) is 0 Å². The number of amides is 2. The molecule has 2 amide bonds. The molecule has 10 heteroatoms. The number of aliphatic hydroxyl groups is 1. The Kier molecular flexibility index (Phi) is 15.1. The van der Waals surface area contributed by atoms with Gasteiger partial charge in [0.1, 0.15) is 5.60 Å². The number of ketones is 1. The van der Waals surface area contributed by atoms with Crippen molar-refractivity contribution in [1.82, 2.24) is 25.9 Å². The Balaban J connectivity index is 1.77. The predicted octanol–water partition coefficient (Wildman–Crippen LogP) is 5.28. The topological polar surface area (TPSA) is 145 Å². The number of hydrogen-bond acceptors (Lipinski definition) is 7. The van der Waals surface area contributed by atoms with Crippen LogP contribution in [0.3, 0.4) is 0 Å². The van der Waals surface area contributed by atoms with E-state index in [4.69, 9.17) is 4.74 Å². The van der Waals surface area contributed by atoms with Gasteiger partial charge in [0.2, 0.25) is 5.91 Å². The van der Waals surface area contributed by atoms with E-state index >= 15 is 0 Å². The van der Waals surface area contributed by atoms with Crippen LogP contribution in [-0.4, -0.2) is 69.2 Å². The minimum absolute atomic E-state index is 0.117. The van der Waals surface area contributed by atoms with E-state index in [2.05, 4.69) is 46.3 Å². The van der Waals surface area contributed by atoms with E-state index < -0.39 is 35.9 Å². The van der Waals surface area contributed by atoms with Crippen LogP contribution >= 0.6 is 0 Å². The Morgan fingerprint density at radius 3 is 2.36 bits per heavy atom. The summed E-state index contributed by atoms with van der Waals surface area (Å²) >= 11 is 0. The fourth-order valence-electron chi connectivity index (χ4n) is 6.23. The number of H-pyrrole nitrogens is 1. The van der Waals surface area contributed by atoms with E-state index in [1.807, 2.05) is 36.4 Å². The summed E-state index contributed by atoms with van der Waals surface area (Å²) in [5.41, 5.74) is 0.886. The zero-order chi connectivity index (χ0) is 34.4. The van der Waals surface area contributed by atoms with E-state index in [0.717, 1.165) is 36.9 Å². The molecule has 0 saturated heterocycles. The second kappa shape index (κ2) is 18.7. The first-order valence-corrected chi connectivity index (χ1v) is 17.2. The summed E-state index contributed by atoms with van der Waals surface area (Å²) < 4.78 is 5.44. The number of alkyl carbamates (subject to hydrolysis) is 1. The number of benzene rings is 1. The van der Waals surface area contributed by atoms with Crippen molar-refractivity contribution in [2.45, 2.75) is 122 Å². The molecule has 10 nitrogen and oxygen atoms in total. The van der Waals surface area contributed by atoms with Gasteiger partial charge in [-0.25, -0.2) is 9.78 Å². The van der Waals surface area contributed by atoms with E-state index in [9.17, 15) is 19.5 Å². The third-order valence-corrected chi connectivity index (χ3v) is 8.96. The summed E-state index contributed by atoms with van der Waals surface area (Å²) in [6, 6.07) is 7.34. The second-order valence-electron chi connectivity index (χ2n) is 14.4. The number of aromatic nitrogens is 2. The number of nitrogens with one attached hydrogen (secondary N) is 4. The van der Waals surface area contributed by atoms with E-state index in [0.29, 0.717) is 24.7 Å². The Bertz CT molecular complexity index is 1240. The van der Waals surface area contributed by atoms with Gasteiger partial charge in [0.25, 0.3) is 0 Å². The van der Waals surface area contributed by atoms with Crippen molar-refractivity contribution in [1.29, 1.82) is 0 Å². The van der Waals surface area contributed by atoms with Gasteiger partial charge in [0.05, 0.1) is 37.1 Å². The summed E-state index contributed by atoms with van der Waals surface area (Å²) in [7, 11) is 0. The normalized spacial score (nSPS) is 17.3. The van der Waals surface area contributed by atoms with Crippen molar-refractivity contribution in [3.63, 3.8) is 0 Å². The molecule has 260 valence electrons.